The number of aryl methyl sites for hydroxylation is 1. The van der Waals surface area contributed by atoms with Crippen LogP contribution in [0.4, 0.5) is 0 Å². The molecule has 3 rings (SSSR count). The Morgan fingerprint density at radius 3 is 2.32 bits per heavy atom. The Bertz CT molecular complexity index is 945. The van der Waals surface area contributed by atoms with Crippen LogP contribution in [0.15, 0.2) is 48.5 Å². The number of aromatic nitrogens is 2. The van der Waals surface area contributed by atoms with Gasteiger partial charge in [0.2, 0.25) is 5.91 Å². The molecule has 0 atom stereocenters. The number of fused-ring (bicyclic) bond motifs is 1. The molecule has 3 aromatic rings. The summed E-state index contributed by atoms with van der Waals surface area (Å²) in [5, 5.41) is 0. The normalized spacial score (nSPS) is 11.5. The van der Waals surface area contributed by atoms with Crippen LogP contribution in [-0.4, -0.2) is 33.4 Å². The van der Waals surface area contributed by atoms with Crippen LogP contribution in [0.5, 0.6) is 0 Å². The first-order chi connectivity index (χ1) is 13.3. The minimum absolute atomic E-state index is 0.152. The van der Waals surface area contributed by atoms with E-state index < -0.39 is 0 Å². The molecule has 1 aromatic heterocycles. The molecule has 4 heteroatoms. The smallest absolute Gasteiger partial charge is 0.242 e. The lowest BCUT2D eigenvalue weighted by molar-refractivity contribution is -0.132. The molecule has 0 aliphatic rings. The largest absolute Gasteiger partial charge is 0.341 e. The Morgan fingerprint density at radius 1 is 1.00 bits per heavy atom. The van der Waals surface area contributed by atoms with Crippen molar-refractivity contribution in [3.05, 3.63) is 54.1 Å². The summed E-state index contributed by atoms with van der Waals surface area (Å²) in [6.45, 7) is 12.6. The van der Waals surface area contributed by atoms with E-state index in [-0.39, 0.29) is 5.91 Å². The average molecular weight is 378 g/mol. The average Bonchev–Trinajstić information content (AvgIpc) is 2.99. The van der Waals surface area contributed by atoms with Crippen molar-refractivity contribution in [3.63, 3.8) is 0 Å². The van der Waals surface area contributed by atoms with Crippen LogP contribution in [0.3, 0.4) is 0 Å². The van der Waals surface area contributed by atoms with Gasteiger partial charge in [-0.2, -0.15) is 0 Å². The van der Waals surface area contributed by atoms with Crippen molar-refractivity contribution in [1.29, 1.82) is 0 Å². The Kier molecular flexibility index (Phi) is 6.18. The van der Waals surface area contributed by atoms with Crippen molar-refractivity contribution in [2.45, 2.75) is 41.2 Å². The first-order valence-electron chi connectivity index (χ1n) is 10.1. The second-order valence-corrected chi connectivity index (χ2v) is 8.47. The second kappa shape index (κ2) is 8.59. The maximum atomic E-state index is 13.3. The Labute approximate surface area is 168 Å². The molecule has 2 aromatic carbocycles. The topological polar surface area (TPSA) is 38.1 Å². The molecule has 0 unspecified atom stereocenters. The predicted molar refractivity (Wildman–Crippen MR) is 116 cm³/mol. The molecule has 28 heavy (non-hydrogen) atoms. The molecule has 0 saturated heterocycles. The summed E-state index contributed by atoms with van der Waals surface area (Å²) in [5.41, 5.74) is 4.15. The van der Waals surface area contributed by atoms with Gasteiger partial charge >= 0.3 is 0 Å². The first-order valence-corrected chi connectivity index (χ1v) is 10.1. The third-order valence-corrected chi connectivity index (χ3v) is 4.75. The van der Waals surface area contributed by atoms with Gasteiger partial charge in [-0.1, -0.05) is 63.6 Å². The van der Waals surface area contributed by atoms with Crippen molar-refractivity contribution in [3.8, 4) is 11.4 Å². The number of carbonyl (C=O) groups excluding carboxylic acids is 1. The number of rotatable bonds is 7. The first kappa shape index (κ1) is 20.1. The van der Waals surface area contributed by atoms with Crippen molar-refractivity contribution >= 4 is 16.9 Å². The van der Waals surface area contributed by atoms with Gasteiger partial charge in [-0.05, 0) is 37.0 Å². The number of para-hydroxylation sites is 2. The van der Waals surface area contributed by atoms with Gasteiger partial charge in [0.15, 0.2) is 0 Å². The van der Waals surface area contributed by atoms with Crippen LogP contribution in [0.2, 0.25) is 0 Å². The summed E-state index contributed by atoms with van der Waals surface area (Å²) >= 11 is 0. The molecule has 0 spiro atoms. The molecule has 0 radical (unpaired) electrons. The highest BCUT2D eigenvalue weighted by molar-refractivity contribution is 5.84. The summed E-state index contributed by atoms with van der Waals surface area (Å²) in [5.74, 6) is 1.89. The standard InChI is InChI=1S/C24H31N3O/c1-17(2)14-26(15-18(3)4)23(28)16-27-22-12-7-6-11-21(22)25-24(27)20-10-8-9-19(5)13-20/h6-13,17-18H,14-16H2,1-5H3. The number of carbonyl (C=O) groups is 1. The van der Waals surface area contributed by atoms with E-state index in [1.807, 2.05) is 35.2 Å². The van der Waals surface area contributed by atoms with E-state index in [0.29, 0.717) is 18.4 Å². The molecule has 0 bridgehead atoms. The van der Waals surface area contributed by atoms with Crippen LogP contribution < -0.4 is 0 Å². The van der Waals surface area contributed by atoms with E-state index in [9.17, 15) is 4.79 Å². The maximum absolute atomic E-state index is 13.3. The van der Waals surface area contributed by atoms with Crippen LogP contribution in [0.1, 0.15) is 33.3 Å². The van der Waals surface area contributed by atoms with Crippen LogP contribution in [0.25, 0.3) is 22.4 Å². The summed E-state index contributed by atoms with van der Waals surface area (Å²) < 4.78 is 2.07. The summed E-state index contributed by atoms with van der Waals surface area (Å²) in [6, 6.07) is 16.4. The Morgan fingerprint density at radius 2 is 1.68 bits per heavy atom. The predicted octanol–water partition coefficient (Wildman–Crippen LogP) is 5.15. The molecule has 0 N–H and O–H groups in total. The van der Waals surface area contributed by atoms with Crippen molar-refractivity contribution in [2.75, 3.05) is 13.1 Å². The van der Waals surface area contributed by atoms with Gasteiger partial charge in [-0.3, -0.25) is 4.79 Å². The Balaban J connectivity index is 2.01. The maximum Gasteiger partial charge on any atom is 0.242 e. The van der Waals surface area contributed by atoms with Crippen LogP contribution in [-0.2, 0) is 11.3 Å². The van der Waals surface area contributed by atoms with E-state index >= 15 is 0 Å². The third kappa shape index (κ3) is 4.61. The lowest BCUT2D eigenvalue weighted by Gasteiger charge is -2.27. The van der Waals surface area contributed by atoms with Crippen molar-refractivity contribution in [1.82, 2.24) is 14.5 Å². The minimum atomic E-state index is 0.152. The van der Waals surface area contributed by atoms with Gasteiger partial charge < -0.3 is 9.47 Å². The van der Waals surface area contributed by atoms with E-state index in [1.54, 1.807) is 0 Å². The Hall–Kier alpha value is -2.62. The number of amides is 1. The second-order valence-electron chi connectivity index (χ2n) is 8.47. The van der Waals surface area contributed by atoms with Crippen molar-refractivity contribution in [2.24, 2.45) is 11.8 Å². The number of hydrogen-bond donors (Lipinski definition) is 0. The van der Waals surface area contributed by atoms with Gasteiger partial charge in [0, 0.05) is 18.7 Å². The minimum Gasteiger partial charge on any atom is -0.341 e. The fourth-order valence-electron chi connectivity index (χ4n) is 3.64. The molecular weight excluding hydrogens is 346 g/mol. The molecule has 0 saturated carbocycles. The molecule has 1 amide bonds. The van der Waals surface area contributed by atoms with Gasteiger partial charge in [-0.25, -0.2) is 4.98 Å². The van der Waals surface area contributed by atoms with Crippen molar-refractivity contribution < 1.29 is 4.79 Å². The zero-order valence-electron chi connectivity index (χ0n) is 17.6. The lowest BCUT2D eigenvalue weighted by Crippen LogP contribution is -2.39. The molecule has 148 valence electrons. The lowest BCUT2D eigenvalue weighted by atomic mass is 10.1. The SMILES string of the molecule is Cc1cccc(-c2nc3ccccc3n2CC(=O)N(CC(C)C)CC(C)C)c1. The van der Waals surface area contributed by atoms with Gasteiger partial charge in [-0.15, -0.1) is 0 Å². The van der Waals surface area contributed by atoms with Gasteiger partial charge in [0.25, 0.3) is 0 Å². The fraction of sp³-hybridized carbons (Fsp3) is 0.417. The molecule has 0 fully saturated rings. The van der Waals surface area contributed by atoms with Gasteiger partial charge in [0.1, 0.15) is 12.4 Å². The molecule has 1 heterocycles. The van der Waals surface area contributed by atoms with Crippen LogP contribution in [0, 0.1) is 18.8 Å². The van der Waals surface area contributed by atoms with Crippen LogP contribution >= 0.6 is 0 Å². The summed E-state index contributed by atoms with van der Waals surface area (Å²) in [7, 11) is 0. The van der Waals surface area contributed by atoms with E-state index in [1.165, 1.54) is 5.56 Å². The monoisotopic (exact) mass is 377 g/mol. The molecule has 4 nitrogen and oxygen atoms in total. The highest BCUT2D eigenvalue weighted by Crippen LogP contribution is 2.26. The number of hydrogen-bond acceptors (Lipinski definition) is 2. The zero-order valence-corrected chi connectivity index (χ0v) is 17.6. The number of imidazole rings is 1. The summed E-state index contributed by atoms with van der Waals surface area (Å²) in [6.07, 6.45) is 0. The zero-order chi connectivity index (χ0) is 20.3. The quantitative estimate of drug-likeness (QED) is 0.571. The highest BCUT2D eigenvalue weighted by Gasteiger charge is 2.20. The molecular formula is C24H31N3O. The highest BCUT2D eigenvalue weighted by atomic mass is 16.2. The van der Waals surface area contributed by atoms with E-state index in [0.717, 1.165) is 35.5 Å². The van der Waals surface area contributed by atoms with E-state index in [2.05, 4.69) is 57.4 Å². The number of nitrogens with zero attached hydrogens (tertiary/aromatic N) is 3. The molecule has 0 aliphatic heterocycles. The third-order valence-electron chi connectivity index (χ3n) is 4.75. The van der Waals surface area contributed by atoms with E-state index in [4.69, 9.17) is 4.98 Å². The van der Waals surface area contributed by atoms with Gasteiger partial charge in [0.05, 0.1) is 11.0 Å². The molecule has 0 aliphatic carbocycles. The summed E-state index contributed by atoms with van der Waals surface area (Å²) in [4.78, 5) is 20.1. The fourth-order valence-corrected chi connectivity index (χ4v) is 3.64. The number of benzene rings is 2.